The van der Waals surface area contributed by atoms with Gasteiger partial charge in [-0.3, -0.25) is 4.90 Å². The van der Waals surface area contributed by atoms with E-state index >= 15 is 0 Å². The first kappa shape index (κ1) is 13.4. The standard InChI is InChI=1S/C13H17F3N2/c1-17-12-9-18(8-11(12)13(14,15)16)7-10-5-3-2-4-6-10/h2-6,11-12,17H,7-9H2,1H3/t11-,12+/m0/s1. The van der Waals surface area contributed by atoms with E-state index in [-0.39, 0.29) is 6.54 Å². The van der Waals surface area contributed by atoms with Crippen molar-refractivity contribution in [2.45, 2.75) is 18.8 Å². The minimum Gasteiger partial charge on any atom is -0.315 e. The summed E-state index contributed by atoms with van der Waals surface area (Å²) in [4.78, 5) is 1.86. The molecule has 1 saturated heterocycles. The van der Waals surface area contributed by atoms with E-state index in [1.54, 1.807) is 7.05 Å². The highest BCUT2D eigenvalue weighted by atomic mass is 19.4. The quantitative estimate of drug-likeness (QED) is 0.894. The lowest BCUT2D eigenvalue weighted by molar-refractivity contribution is -0.175. The predicted octanol–water partition coefficient (Wildman–Crippen LogP) is 2.27. The van der Waals surface area contributed by atoms with Gasteiger partial charge in [-0.1, -0.05) is 30.3 Å². The number of rotatable bonds is 3. The zero-order chi connectivity index (χ0) is 13.2. The molecule has 1 aliphatic rings. The molecule has 0 aromatic heterocycles. The topological polar surface area (TPSA) is 15.3 Å². The van der Waals surface area contributed by atoms with Gasteiger partial charge in [0.25, 0.3) is 0 Å². The second kappa shape index (κ2) is 5.28. The maximum Gasteiger partial charge on any atom is 0.394 e. The van der Waals surface area contributed by atoms with Crippen molar-refractivity contribution in [3.8, 4) is 0 Å². The number of halogens is 3. The third kappa shape index (κ3) is 3.03. The summed E-state index contributed by atoms with van der Waals surface area (Å²) >= 11 is 0. The van der Waals surface area contributed by atoms with Gasteiger partial charge in [0.2, 0.25) is 0 Å². The first-order valence-corrected chi connectivity index (χ1v) is 6.01. The minimum absolute atomic E-state index is 0.0733. The zero-order valence-corrected chi connectivity index (χ0v) is 10.2. The monoisotopic (exact) mass is 258 g/mol. The van der Waals surface area contributed by atoms with Crippen LogP contribution in [0.2, 0.25) is 0 Å². The van der Waals surface area contributed by atoms with Gasteiger partial charge in [-0.05, 0) is 12.6 Å². The first-order chi connectivity index (χ1) is 8.50. The Morgan fingerprint density at radius 2 is 1.89 bits per heavy atom. The Hall–Kier alpha value is -1.07. The lowest BCUT2D eigenvalue weighted by Crippen LogP contribution is -2.40. The van der Waals surface area contributed by atoms with Gasteiger partial charge in [0.1, 0.15) is 0 Å². The van der Waals surface area contributed by atoms with Crippen molar-refractivity contribution in [3.63, 3.8) is 0 Å². The van der Waals surface area contributed by atoms with Gasteiger partial charge in [-0.25, -0.2) is 0 Å². The van der Waals surface area contributed by atoms with Crippen LogP contribution in [-0.2, 0) is 6.54 Å². The SMILES string of the molecule is CN[C@@H]1CN(Cc2ccccc2)C[C@@H]1C(F)(F)F. The van der Waals surface area contributed by atoms with E-state index in [0.717, 1.165) is 5.56 Å². The molecular weight excluding hydrogens is 241 g/mol. The molecule has 5 heteroatoms. The molecule has 1 aromatic carbocycles. The van der Waals surface area contributed by atoms with Gasteiger partial charge < -0.3 is 5.32 Å². The maximum atomic E-state index is 12.8. The van der Waals surface area contributed by atoms with Gasteiger partial charge in [0.15, 0.2) is 0 Å². The van der Waals surface area contributed by atoms with Gasteiger partial charge in [-0.2, -0.15) is 13.2 Å². The fourth-order valence-electron chi connectivity index (χ4n) is 2.48. The number of alkyl halides is 3. The van der Waals surface area contributed by atoms with Crippen LogP contribution >= 0.6 is 0 Å². The number of nitrogens with zero attached hydrogens (tertiary/aromatic N) is 1. The molecule has 0 aliphatic carbocycles. The Morgan fingerprint density at radius 1 is 1.22 bits per heavy atom. The van der Waals surface area contributed by atoms with Crippen molar-refractivity contribution in [2.24, 2.45) is 5.92 Å². The number of hydrogen-bond donors (Lipinski definition) is 1. The average Bonchev–Trinajstić information content (AvgIpc) is 2.73. The largest absolute Gasteiger partial charge is 0.394 e. The molecule has 1 aliphatic heterocycles. The van der Waals surface area contributed by atoms with Gasteiger partial charge in [0, 0.05) is 25.7 Å². The molecule has 100 valence electrons. The number of nitrogens with one attached hydrogen (secondary N) is 1. The molecule has 1 fully saturated rings. The van der Waals surface area contributed by atoms with E-state index in [1.165, 1.54) is 0 Å². The van der Waals surface area contributed by atoms with Crippen LogP contribution in [0.3, 0.4) is 0 Å². The number of likely N-dealkylation sites (N-methyl/N-ethyl adjacent to an activating group) is 1. The predicted molar refractivity (Wildman–Crippen MR) is 64.1 cm³/mol. The van der Waals surface area contributed by atoms with E-state index in [9.17, 15) is 13.2 Å². The van der Waals surface area contributed by atoms with Crippen LogP contribution in [0.5, 0.6) is 0 Å². The lowest BCUT2D eigenvalue weighted by atomic mass is 10.0. The lowest BCUT2D eigenvalue weighted by Gasteiger charge is -2.20. The summed E-state index contributed by atoms with van der Waals surface area (Å²) in [5, 5.41) is 2.77. The molecule has 2 nitrogen and oxygen atoms in total. The molecule has 18 heavy (non-hydrogen) atoms. The third-order valence-electron chi connectivity index (χ3n) is 3.44. The normalized spacial score (nSPS) is 25.6. The molecule has 0 unspecified atom stereocenters. The summed E-state index contributed by atoms with van der Waals surface area (Å²) in [7, 11) is 1.59. The van der Waals surface area contributed by atoms with E-state index in [1.807, 2.05) is 35.2 Å². The van der Waals surface area contributed by atoms with E-state index in [2.05, 4.69) is 5.32 Å². The molecule has 1 aromatic rings. The highest BCUT2D eigenvalue weighted by Gasteiger charge is 2.48. The van der Waals surface area contributed by atoms with Crippen LogP contribution in [0.1, 0.15) is 5.56 Å². The number of benzene rings is 1. The molecule has 1 heterocycles. The molecule has 0 amide bonds. The average molecular weight is 258 g/mol. The Balaban J connectivity index is 2.01. The molecule has 0 spiro atoms. The minimum atomic E-state index is -4.13. The van der Waals surface area contributed by atoms with Gasteiger partial charge in [-0.15, -0.1) is 0 Å². The zero-order valence-electron chi connectivity index (χ0n) is 10.2. The van der Waals surface area contributed by atoms with E-state index in [4.69, 9.17) is 0 Å². The fourth-order valence-corrected chi connectivity index (χ4v) is 2.48. The molecule has 2 rings (SSSR count). The van der Waals surface area contributed by atoms with Crippen molar-refractivity contribution < 1.29 is 13.2 Å². The van der Waals surface area contributed by atoms with Crippen LogP contribution in [0.4, 0.5) is 13.2 Å². The van der Waals surface area contributed by atoms with Crippen molar-refractivity contribution in [1.82, 2.24) is 10.2 Å². The Bertz CT molecular complexity index is 378. The van der Waals surface area contributed by atoms with E-state index < -0.39 is 18.1 Å². The first-order valence-electron chi connectivity index (χ1n) is 6.01. The van der Waals surface area contributed by atoms with Crippen molar-refractivity contribution in [3.05, 3.63) is 35.9 Å². The maximum absolute atomic E-state index is 12.8. The molecule has 0 radical (unpaired) electrons. The van der Waals surface area contributed by atoms with Crippen molar-refractivity contribution in [2.75, 3.05) is 20.1 Å². The summed E-state index contributed by atoms with van der Waals surface area (Å²) < 4.78 is 38.5. The Morgan fingerprint density at radius 3 is 2.39 bits per heavy atom. The molecule has 1 N–H and O–H groups in total. The van der Waals surface area contributed by atoms with Crippen molar-refractivity contribution in [1.29, 1.82) is 0 Å². The third-order valence-corrected chi connectivity index (χ3v) is 3.44. The van der Waals surface area contributed by atoms with Gasteiger partial charge >= 0.3 is 6.18 Å². The second-order valence-electron chi connectivity index (χ2n) is 4.72. The summed E-state index contributed by atoms with van der Waals surface area (Å²) in [6, 6.07) is 9.09. The number of likely N-dealkylation sites (tertiary alicyclic amines) is 1. The molecule has 0 bridgehead atoms. The number of hydrogen-bond acceptors (Lipinski definition) is 2. The van der Waals surface area contributed by atoms with Crippen LogP contribution in [0, 0.1) is 5.92 Å². The highest BCUT2D eigenvalue weighted by Crippen LogP contribution is 2.34. The molecular formula is C13H17F3N2. The summed E-state index contributed by atoms with van der Waals surface area (Å²) in [5.74, 6) is -1.27. The highest BCUT2D eigenvalue weighted by molar-refractivity contribution is 5.15. The molecule has 0 saturated carbocycles. The van der Waals surface area contributed by atoms with Crippen LogP contribution in [-0.4, -0.2) is 37.3 Å². The summed E-state index contributed by atoms with van der Waals surface area (Å²) in [6.45, 7) is 1.09. The molecule has 2 atom stereocenters. The van der Waals surface area contributed by atoms with Crippen LogP contribution < -0.4 is 5.32 Å². The fraction of sp³-hybridized carbons (Fsp3) is 0.538. The smallest absolute Gasteiger partial charge is 0.315 e. The van der Waals surface area contributed by atoms with E-state index in [0.29, 0.717) is 13.1 Å². The second-order valence-corrected chi connectivity index (χ2v) is 4.72. The van der Waals surface area contributed by atoms with Crippen LogP contribution in [0.25, 0.3) is 0 Å². The Labute approximate surface area is 105 Å². The summed E-state index contributed by atoms with van der Waals surface area (Å²) in [6.07, 6.45) is -4.13. The Kier molecular flexibility index (Phi) is 3.92. The van der Waals surface area contributed by atoms with Crippen molar-refractivity contribution >= 4 is 0 Å². The van der Waals surface area contributed by atoms with Crippen LogP contribution in [0.15, 0.2) is 30.3 Å². The summed E-state index contributed by atoms with van der Waals surface area (Å²) in [5.41, 5.74) is 1.05. The van der Waals surface area contributed by atoms with Gasteiger partial charge in [0.05, 0.1) is 5.92 Å².